The summed E-state index contributed by atoms with van der Waals surface area (Å²) in [4.78, 5) is 14.0. The molecule has 0 saturated carbocycles. The molecule has 1 aromatic carbocycles. The van der Waals surface area contributed by atoms with Crippen molar-refractivity contribution in [2.45, 2.75) is 39.5 Å². The van der Waals surface area contributed by atoms with E-state index >= 15 is 0 Å². The molecule has 0 amide bonds. The van der Waals surface area contributed by atoms with Gasteiger partial charge in [-0.2, -0.15) is 0 Å². The van der Waals surface area contributed by atoms with E-state index in [1.807, 2.05) is 18.2 Å². The first-order valence-corrected chi connectivity index (χ1v) is 11.7. The maximum Gasteiger partial charge on any atom is 0.199 e. The third-order valence-electron chi connectivity index (χ3n) is 6.92. The first kappa shape index (κ1) is 26.8. The molecule has 2 rings (SSSR count). The molecule has 184 valence electrons. The summed E-state index contributed by atoms with van der Waals surface area (Å²) < 4.78 is 22.6. The molecule has 0 heterocycles. The summed E-state index contributed by atoms with van der Waals surface area (Å²) in [5.74, 6) is 3.17. The number of ether oxygens (including phenoxy) is 4. The number of allylic oxidation sites excluding steroid dienone is 2. The van der Waals surface area contributed by atoms with Gasteiger partial charge in [0, 0.05) is 24.3 Å². The quantitative estimate of drug-likeness (QED) is 0.371. The highest BCUT2D eigenvalue weighted by Gasteiger charge is 2.49. The fourth-order valence-corrected chi connectivity index (χ4v) is 5.10. The SMILES string of the molecule is COC1=CC(CC=O)C(CCCN(C)CCc2cccc(OC)c2)(C(C)C)C(OC)=C1OC. The Hall–Kier alpha value is -2.47. The summed E-state index contributed by atoms with van der Waals surface area (Å²) in [5, 5.41) is 0. The van der Waals surface area contributed by atoms with Gasteiger partial charge in [-0.25, -0.2) is 0 Å². The molecule has 1 aromatic rings. The first-order chi connectivity index (χ1) is 15.9. The molecular weight excluding hydrogens is 418 g/mol. The van der Waals surface area contributed by atoms with E-state index in [9.17, 15) is 4.79 Å². The molecular formula is C27H41NO5. The van der Waals surface area contributed by atoms with Crippen LogP contribution in [-0.2, 0) is 25.4 Å². The topological polar surface area (TPSA) is 57.2 Å². The van der Waals surface area contributed by atoms with Crippen LogP contribution in [0.2, 0.25) is 0 Å². The van der Waals surface area contributed by atoms with Gasteiger partial charge in [-0.3, -0.25) is 0 Å². The molecule has 0 aliphatic heterocycles. The van der Waals surface area contributed by atoms with E-state index in [2.05, 4.69) is 37.9 Å². The largest absolute Gasteiger partial charge is 0.497 e. The van der Waals surface area contributed by atoms with Crippen LogP contribution in [0.25, 0.3) is 0 Å². The van der Waals surface area contributed by atoms with Gasteiger partial charge in [0.25, 0.3) is 0 Å². The highest BCUT2D eigenvalue weighted by atomic mass is 16.5. The van der Waals surface area contributed by atoms with Crippen molar-refractivity contribution in [3.8, 4) is 5.75 Å². The highest BCUT2D eigenvalue weighted by Crippen LogP contribution is 2.53. The summed E-state index contributed by atoms with van der Waals surface area (Å²) in [7, 11) is 8.79. The smallest absolute Gasteiger partial charge is 0.199 e. The Bertz CT molecular complexity index is 832. The molecule has 0 spiro atoms. The predicted octanol–water partition coefficient (Wildman–Crippen LogP) is 4.85. The van der Waals surface area contributed by atoms with Crippen LogP contribution in [0.15, 0.2) is 47.6 Å². The molecule has 0 N–H and O–H groups in total. The Balaban J connectivity index is 2.15. The van der Waals surface area contributed by atoms with Gasteiger partial charge in [0.05, 0.1) is 28.4 Å². The molecule has 0 aromatic heterocycles. The summed E-state index contributed by atoms with van der Waals surface area (Å²) >= 11 is 0. The lowest BCUT2D eigenvalue weighted by Gasteiger charge is -2.46. The third kappa shape index (κ3) is 6.11. The predicted molar refractivity (Wildman–Crippen MR) is 131 cm³/mol. The molecule has 0 saturated heterocycles. The molecule has 0 fully saturated rings. The second-order valence-electron chi connectivity index (χ2n) is 9.01. The van der Waals surface area contributed by atoms with Crippen molar-refractivity contribution in [1.82, 2.24) is 4.90 Å². The molecule has 33 heavy (non-hydrogen) atoms. The van der Waals surface area contributed by atoms with Crippen LogP contribution in [0, 0.1) is 17.3 Å². The molecule has 6 heteroatoms. The lowest BCUT2D eigenvalue weighted by Crippen LogP contribution is -2.42. The summed E-state index contributed by atoms with van der Waals surface area (Å²) in [6.45, 7) is 6.31. The van der Waals surface area contributed by atoms with Crippen molar-refractivity contribution in [2.24, 2.45) is 17.3 Å². The van der Waals surface area contributed by atoms with Crippen LogP contribution >= 0.6 is 0 Å². The maximum atomic E-state index is 11.6. The zero-order chi connectivity index (χ0) is 24.4. The van der Waals surface area contributed by atoms with Crippen LogP contribution in [0.1, 0.15) is 38.7 Å². The van der Waals surface area contributed by atoms with Crippen LogP contribution in [0.4, 0.5) is 0 Å². The second kappa shape index (κ2) is 12.7. The Morgan fingerprint density at radius 2 is 1.82 bits per heavy atom. The van der Waals surface area contributed by atoms with Crippen molar-refractivity contribution in [3.63, 3.8) is 0 Å². The molecule has 2 atom stereocenters. The average molecular weight is 460 g/mol. The zero-order valence-corrected chi connectivity index (χ0v) is 21.3. The molecule has 0 radical (unpaired) electrons. The van der Waals surface area contributed by atoms with E-state index in [0.29, 0.717) is 17.9 Å². The van der Waals surface area contributed by atoms with E-state index in [1.54, 1.807) is 28.4 Å². The monoisotopic (exact) mass is 459 g/mol. The minimum Gasteiger partial charge on any atom is -0.497 e. The number of hydrogen-bond donors (Lipinski definition) is 0. The van der Waals surface area contributed by atoms with Gasteiger partial charge < -0.3 is 28.6 Å². The van der Waals surface area contributed by atoms with Crippen LogP contribution in [0.5, 0.6) is 5.75 Å². The van der Waals surface area contributed by atoms with E-state index < -0.39 is 0 Å². The van der Waals surface area contributed by atoms with E-state index in [4.69, 9.17) is 18.9 Å². The molecule has 2 unspecified atom stereocenters. The van der Waals surface area contributed by atoms with Gasteiger partial charge in [0.15, 0.2) is 11.5 Å². The van der Waals surface area contributed by atoms with Gasteiger partial charge >= 0.3 is 0 Å². The number of benzene rings is 1. The Kier molecular flexibility index (Phi) is 10.3. The number of hydrogen-bond acceptors (Lipinski definition) is 6. The number of methoxy groups -OCH3 is 4. The zero-order valence-electron chi connectivity index (χ0n) is 21.3. The number of likely N-dealkylation sites (N-methyl/N-ethyl adjacent to an activating group) is 1. The fraction of sp³-hybridized carbons (Fsp3) is 0.593. The fourth-order valence-electron chi connectivity index (χ4n) is 5.10. The number of rotatable bonds is 14. The summed E-state index contributed by atoms with van der Waals surface area (Å²) in [6.07, 6.45) is 6.28. The highest BCUT2D eigenvalue weighted by molar-refractivity contribution is 5.52. The minimum absolute atomic E-state index is 0.0131. The third-order valence-corrected chi connectivity index (χ3v) is 6.92. The van der Waals surface area contributed by atoms with Crippen LogP contribution < -0.4 is 4.74 Å². The number of nitrogens with zero attached hydrogens (tertiary/aromatic N) is 1. The van der Waals surface area contributed by atoms with Gasteiger partial charge in [-0.1, -0.05) is 26.0 Å². The van der Waals surface area contributed by atoms with Gasteiger partial charge in [-0.05, 0) is 62.5 Å². The van der Waals surface area contributed by atoms with E-state index in [-0.39, 0.29) is 17.3 Å². The summed E-state index contributed by atoms with van der Waals surface area (Å²) in [6, 6.07) is 8.23. The van der Waals surface area contributed by atoms with Crippen molar-refractivity contribution in [1.29, 1.82) is 0 Å². The van der Waals surface area contributed by atoms with E-state index in [0.717, 1.165) is 50.1 Å². The van der Waals surface area contributed by atoms with Gasteiger partial charge in [0.2, 0.25) is 0 Å². The van der Waals surface area contributed by atoms with E-state index in [1.165, 1.54) is 5.56 Å². The van der Waals surface area contributed by atoms with Crippen molar-refractivity contribution in [2.75, 3.05) is 48.6 Å². The average Bonchev–Trinajstić information content (AvgIpc) is 2.82. The van der Waals surface area contributed by atoms with Crippen molar-refractivity contribution in [3.05, 3.63) is 53.2 Å². The number of carbonyl (C=O) groups is 1. The standard InChI is InChI=1S/C27H41NO5/c1-20(2)27(22(13-17-29)19-24(31-5)25(32-6)26(27)33-7)14-9-15-28(3)16-12-21-10-8-11-23(18-21)30-4/h8,10-11,17-20,22H,9,12-16H2,1-7H3. The van der Waals surface area contributed by atoms with Gasteiger partial charge in [-0.15, -0.1) is 0 Å². The lowest BCUT2D eigenvalue weighted by molar-refractivity contribution is -0.109. The van der Waals surface area contributed by atoms with Crippen LogP contribution in [-0.4, -0.2) is 59.8 Å². The van der Waals surface area contributed by atoms with Crippen molar-refractivity contribution >= 4 is 6.29 Å². The molecule has 1 aliphatic carbocycles. The normalized spacial score (nSPS) is 20.6. The van der Waals surface area contributed by atoms with Crippen molar-refractivity contribution < 1.29 is 23.7 Å². The minimum atomic E-state index is -0.337. The maximum absolute atomic E-state index is 11.6. The number of aldehydes is 1. The van der Waals surface area contributed by atoms with Crippen LogP contribution in [0.3, 0.4) is 0 Å². The Labute approximate surface area is 199 Å². The number of carbonyl (C=O) groups excluding carboxylic acids is 1. The second-order valence-corrected chi connectivity index (χ2v) is 9.01. The molecule has 0 bridgehead atoms. The molecule has 1 aliphatic rings. The molecule has 6 nitrogen and oxygen atoms in total. The summed E-state index contributed by atoms with van der Waals surface area (Å²) in [5.41, 5.74) is 0.932. The Morgan fingerprint density at radius 3 is 2.39 bits per heavy atom. The Morgan fingerprint density at radius 1 is 1.06 bits per heavy atom. The first-order valence-electron chi connectivity index (χ1n) is 11.7. The van der Waals surface area contributed by atoms with Gasteiger partial charge in [0.1, 0.15) is 17.8 Å². The lowest BCUT2D eigenvalue weighted by atomic mass is 9.60.